The van der Waals surface area contributed by atoms with E-state index in [9.17, 15) is 34.2 Å². The fraction of sp³-hybridized carbons (Fsp3) is 0.737. The number of hydrogen-bond acceptors (Lipinski definition) is 7. The average Bonchev–Trinajstić information content (AvgIpc) is 3.39. The predicted molar refractivity (Wildman–Crippen MR) is 106 cm³/mol. The Morgan fingerprint density at radius 1 is 1.10 bits per heavy atom. The maximum absolute atomic E-state index is 12.8. The summed E-state index contributed by atoms with van der Waals surface area (Å²) in [7, 11) is 0. The fourth-order valence-electron chi connectivity index (χ4n) is 3.84. The van der Waals surface area contributed by atoms with Crippen molar-refractivity contribution in [1.82, 2.24) is 20.9 Å². The van der Waals surface area contributed by atoms with Gasteiger partial charge in [0.2, 0.25) is 17.7 Å². The van der Waals surface area contributed by atoms with E-state index in [1.54, 1.807) is 0 Å². The van der Waals surface area contributed by atoms with Crippen LogP contribution in [0.4, 0.5) is 0 Å². The van der Waals surface area contributed by atoms with Crippen LogP contribution in [0.15, 0.2) is 0 Å². The van der Waals surface area contributed by atoms with Crippen molar-refractivity contribution in [2.45, 2.75) is 75.7 Å². The lowest BCUT2D eigenvalue weighted by atomic mass is 10.1. The third-order valence-electron chi connectivity index (χ3n) is 5.52. The molecule has 0 aromatic carbocycles. The molecule has 0 aliphatic carbocycles. The molecule has 2 fully saturated rings. The van der Waals surface area contributed by atoms with Crippen LogP contribution in [0.3, 0.4) is 0 Å². The smallest absolute Gasteiger partial charge is 0.326 e. The molecule has 0 radical (unpaired) electrons. The summed E-state index contributed by atoms with van der Waals surface area (Å²) in [6.45, 7) is 2.41. The van der Waals surface area contributed by atoms with E-state index in [0.717, 1.165) is 13.0 Å². The zero-order valence-corrected chi connectivity index (χ0v) is 17.4. The standard InChI is InChI=1S/C19H30N4O8/c1-10(24)15(17(28)21-12(19(30)31)6-7-14(25)26)22-16(27)13-5-3-9-23(13)18(29)11-4-2-8-20-11/h10-13,15,20,24H,2-9H2,1H3,(H,21,28)(H,22,27)(H,25,26)(H,30,31). The molecule has 0 aromatic heterocycles. The molecule has 0 bridgehead atoms. The lowest BCUT2D eigenvalue weighted by Crippen LogP contribution is -2.59. The van der Waals surface area contributed by atoms with E-state index in [2.05, 4.69) is 16.0 Å². The summed E-state index contributed by atoms with van der Waals surface area (Å²) in [4.78, 5) is 61.5. The third kappa shape index (κ3) is 6.62. The van der Waals surface area contributed by atoms with Gasteiger partial charge in [-0.05, 0) is 45.6 Å². The molecule has 0 saturated carbocycles. The highest BCUT2D eigenvalue weighted by molar-refractivity contribution is 5.94. The molecule has 5 unspecified atom stereocenters. The number of carbonyl (C=O) groups is 5. The van der Waals surface area contributed by atoms with Crippen molar-refractivity contribution in [2.24, 2.45) is 0 Å². The third-order valence-corrected chi connectivity index (χ3v) is 5.52. The molecule has 12 heteroatoms. The van der Waals surface area contributed by atoms with Gasteiger partial charge in [-0.1, -0.05) is 0 Å². The molecule has 0 spiro atoms. The largest absolute Gasteiger partial charge is 0.481 e. The number of aliphatic carboxylic acids is 2. The minimum Gasteiger partial charge on any atom is -0.481 e. The van der Waals surface area contributed by atoms with Gasteiger partial charge in [0.25, 0.3) is 0 Å². The Labute approximate surface area is 179 Å². The van der Waals surface area contributed by atoms with Gasteiger partial charge in [0.1, 0.15) is 18.1 Å². The topological polar surface area (TPSA) is 185 Å². The Balaban J connectivity index is 2.02. The molecule has 2 aliphatic rings. The Morgan fingerprint density at radius 3 is 2.35 bits per heavy atom. The van der Waals surface area contributed by atoms with Crippen molar-refractivity contribution in [2.75, 3.05) is 13.1 Å². The summed E-state index contributed by atoms with van der Waals surface area (Å²) < 4.78 is 0. The first kappa shape index (κ1) is 24.5. The number of nitrogens with one attached hydrogen (secondary N) is 3. The van der Waals surface area contributed by atoms with E-state index in [1.807, 2.05) is 0 Å². The number of aliphatic hydroxyl groups is 1. The maximum Gasteiger partial charge on any atom is 0.326 e. The van der Waals surface area contributed by atoms with Gasteiger partial charge in [0.15, 0.2) is 0 Å². The van der Waals surface area contributed by atoms with Gasteiger partial charge in [-0.15, -0.1) is 0 Å². The van der Waals surface area contributed by atoms with Gasteiger partial charge in [-0.25, -0.2) is 4.79 Å². The van der Waals surface area contributed by atoms with E-state index in [1.165, 1.54) is 11.8 Å². The van der Waals surface area contributed by atoms with Crippen LogP contribution in [-0.4, -0.2) is 93.2 Å². The van der Waals surface area contributed by atoms with Gasteiger partial charge in [-0.2, -0.15) is 0 Å². The minimum absolute atomic E-state index is 0.173. The van der Waals surface area contributed by atoms with Crippen LogP contribution in [0.2, 0.25) is 0 Å². The molecular weight excluding hydrogens is 412 g/mol. The van der Waals surface area contributed by atoms with Crippen molar-refractivity contribution >= 4 is 29.7 Å². The van der Waals surface area contributed by atoms with Crippen molar-refractivity contribution < 1.29 is 39.3 Å². The zero-order valence-electron chi connectivity index (χ0n) is 17.4. The van der Waals surface area contributed by atoms with Crippen LogP contribution in [0.1, 0.15) is 45.4 Å². The highest BCUT2D eigenvalue weighted by Crippen LogP contribution is 2.21. The van der Waals surface area contributed by atoms with Crippen LogP contribution >= 0.6 is 0 Å². The molecule has 174 valence electrons. The Hall–Kier alpha value is -2.73. The average molecular weight is 442 g/mol. The molecule has 5 atom stereocenters. The van der Waals surface area contributed by atoms with Crippen LogP contribution in [0.5, 0.6) is 0 Å². The molecule has 31 heavy (non-hydrogen) atoms. The number of carboxylic acids is 2. The number of likely N-dealkylation sites (tertiary alicyclic amines) is 1. The van der Waals surface area contributed by atoms with E-state index in [4.69, 9.17) is 5.11 Å². The normalized spacial score (nSPS) is 23.6. The van der Waals surface area contributed by atoms with Crippen molar-refractivity contribution in [1.29, 1.82) is 0 Å². The van der Waals surface area contributed by atoms with E-state index < -0.39 is 54.4 Å². The monoisotopic (exact) mass is 442 g/mol. The molecule has 2 aliphatic heterocycles. The number of carbonyl (C=O) groups excluding carboxylic acids is 3. The molecule has 2 saturated heterocycles. The Bertz CT molecular complexity index is 707. The number of rotatable bonds is 10. The Morgan fingerprint density at radius 2 is 1.81 bits per heavy atom. The molecule has 2 rings (SSSR count). The first-order valence-electron chi connectivity index (χ1n) is 10.4. The lowest BCUT2D eigenvalue weighted by molar-refractivity contribution is -0.145. The summed E-state index contributed by atoms with van der Waals surface area (Å²) in [5, 5.41) is 35.6. The van der Waals surface area contributed by atoms with Gasteiger partial charge in [0, 0.05) is 13.0 Å². The SMILES string of the molecule is CC(O)C(NC(=O)C1CCCN1C(=O)C1CCCN1)C(=O)NC(CCC(=O)O)C(=O)O. The summed E-state index contributed by atoms with van der Waals surface area (Å²) in [6.07, 6.45) is 0.424. The van der Waals surface area contributed by atoms with Gasteiger partial charge in [0.05, 0.1) is 12.1 Å². The number of carboxylic acid groups (broad SMARTS) is 2. The van der Waals surface area contributed by atoms with Crippen LogP contribution in [0, 0.1) is 0 Å². The minimum atomic E-state index is -1.49. The molecule has 0 aromatic rings. The number of nitrogens with zero attached hydrogens (tertiary/aromatic N) is 1. The molecule has 6 N–H and O–H groups in total. The quantitative estimate of drug-likeness (QED) is 0.223. The van der Waals surface area contributed by atoms with Crippen LogP contribution < -0.4 is 16.0 Å². The second-order valence-corrected chi connectivity index (χ2v) is 7.90. The molecule has 3 amide bonds. The van der Waals surface area contributed by atoms with Crippen LogP contribution in [0.25, 0.3) is 0 Å². The van der Waals surface area contributed by atoms with Gasteiger partial charge >= 0.3 is 11.9 Å². The molecular formula is C19H30N4O8. The second-order valence-electron chi connectivity index (χ2n) is 7.90. The summed E-state index contributed by atoms with van der Waals surface area (Å²) in [6, 6.07) is -4.07. The highest BCUT2D eigenvalue weighted by atomic mass is 16.4. The highest BCUT2D eigenvalue weighted by Gasteiger charge is 2.40. The first-order valence-corrected chi connectivity index (χ1v) is 10.4. The summed E-state index contributed by atoms with van der Waals surface area (Å²) in [5.41, 5.74) is 0. The van der Waals surface area contributed by atoms with Crippen molar-refractivity contribution in [3.63, 3.8) is 0 Å². The second kappa shape index (κ2) is 11.0. The summed E-state index contributed by atoms with van der Waals surface area (Å²) in [5.74, 6) is -4.38. The van der Waals surface area contributed by atoms with Crippen molar-refractivity contribution in [3.8, 4) is 0 Å². The van der Waals surface area contributed by atoms with Gasteiger partial charge < -0.3 is 36.2 Å². The van der Waals surface area contributed by atoms with E-state index in [0.29, 0.717) is 25.8 Å². The number of hydrogen-bond donors (Lipinski definition) is 6. The van der Waals surface area contributed by atoms with E-state index >= 15 is 0 Å². The maximum atomic E-state index is 12.8. The van der Waals surface area contributed by atoms with Gasteiger partial charge in [-0.3, -0.25) is 19.2 Å². The number of aliphatic hydroxyl groups excluding tert-OH is 1. The van der Waals surface area contributed by atoms with E-state index in [-0.39, 0.29) is 18.4 Å². The van der Waals surface area contributed by atoms with Crippen molar-refractivity contribution in [3.05, 3.63) is 0 Å². The molecule has 2 heterocycles. The lowest BCUT2D eigenvalue weighted by Gasteiger charge is -2.29. The summed E-state index contributed by atoms with van der Waals surface area (Å²) >= 11 is 0. The Kier molecular flexibility index (Phi) is 8.75. The number of amides is 3. The zero-order chi connectivity index (χ0) is 23.1. The predicted octanol–water partition coefficient (Wildman–Crippen LogP) is -1.97. The first-order chi connectivity index (χ1) is 14.6. The molecule has 12 nitrogen and oxygen atoms in total. The van der Waals surface area contributed by atoms with Crippen LogP contribution in [-0.2, 0) is 24.0 Å². The fourth-order valence-corrected chi connectivity index (χ4v) is 3.84.